The summed E-state index contributed by atoms with van der Waals surface area (Å²) in [6, 6.07) is 7.41. The van der Waals surface area contributed by atoms with Crippen LogP contribution in [0.5, 0.6) is 11.5 Å². The molecule has 0 saturated carbocycles. The predicted octanol–water partition coefficient (Wildman–Crippen LogP) is 1.10. The summed E-state index contributed by atoms with van der Waals surface area (Å²) in [5.41, 5.74) is 0. The number of amides is 1. The van der Waals surface area contributed by atoms with Gasteiger partial charge in [0.2, 0.25) is 11.8 Å². The van der Waals surface area contributed by atoms with Gasteiger partial charge in [-0.05, 0) is 24.5 Å². The molecule has 156 valence electrons. The number of aromatic nitrogens is 2. The zero-order chi connectivity index (χ0) is 20.3. The Balaban J connectivity index is 1.18. The van der Waals surface area contributed by atoms with Crippen LogP contribution in [0.3, 0.4) is 0 Å². The Morgan fingerprint density at radius 2 is 2.07 bits per heavy atom. The van der Waals surface area contributed by atoms with Crippen LogP contribution in [0.4, 0.5) is 0 Å². The summed E-state index contributed by atoms with van der Waals surface area (Å²) in [6.45, 7) is 0.702. The third-order valence-corrected chi connectivity index (χ3v) is 7.31. The van der Waals surface area contributed by atoms with E-state index in [4.69, 9.17) is 13.9 Å². The smallest absolute Gasteiger partial charge is 0.277 e. The first-order chi connectivity index (χ1) is 14.0. The average molecular weight is 440 g/mol. The number of nitrogens with zero attached hydrogens (tertiary/aromatic N) is 2. The first-order valence-electron chi connectivity index (χ1n) is 9.27. The molecule has 2 aliphatic rings. The number of para-hydroxylation sites is 2. The van der Waals surface area contributed by atoms with Crippen molar-refractivity contribution in [3.63, 3.8) is 0 Å². The minimum absolute atomic E-state index is 0.0180. The molecule has 0 aliphatic carbocycles. The van der Waals surface area contributed by atoms with E-state index in [2.05, 4.69) is 15.5 Å². The van der Waals surface area contributed by atoms with E-state index in [9.17, 15) is 13.2 Å². The molecule has 0 radical (unpaired) electrons. The lowest BCUT2D eigenvalue weighted by Gasteiger charge is -2.26. The van der Waals surface area contributed by atoms with Gasteiger partial charge in [-0.1, -0.05) is 23.9 Å². The molecular weight excluding hydrogens is 418 g/mol. The predicted molar refractivity (Wildman–Crippen MR) is 105 cm³/mol. The molecule has 2 aromatic rings. The van der Waals surface area contributed by atoms with Crippen LogP contribution < -0.4 is 14.8 Å². The zero-order valence-electron chi connectivity index (χ0n) is 15.6. The third-order valence-electron chi connectivity index (χ3n) is 4.66. The Kier molecular flexibility index (Phi) is 5.95. The van der Waals surface area contributed by atoms with Crippen molar-refractivity contribution in [1.82, 2.24) is 15.5 Å². The molecule has 1 aromatic carbocycles. The molecule has 4 rings (SSSR count). The van der Waals surface area contributed by atoms with E-state index >= 15 is 0 Å². The van der Waals surface area contributed by atoms with Gasteiger partial charge < -0.3 is 19.2 Å². The Bertz CT molecular complexity index is 977. The van der Waals surface area contributed by atoms with Crippen LogP contribution >= 0.6 is 11.8 Å². The second-order valence-electron chi connectivity index (χ2n) is 7.03. The number of benzene rings is 1. The Hall–Kier alpha value is -2.27. The van der Waals surface area contributed by atoms with E-state index in [1.807, 2.05) is 24.3 Å². The summed E-state index contributed by atoms with van der Waals surface area (Å²) in [4.78, 5) is 12.1. The van der Waals surface area contributed by atoms with Crippen molar-refractivity contribution in [1.29, 1.82) is 0 Å². The maximum atomic E-state index is 12.1. The summed E-state index contributed by atoms with van der Waals surface area (Å²) in [5.74, 6) is 2.12. The molecule has 3 heterocycles. The Labute approximate surface area is 172 Å². The highest BCUT2D eigenvalue weighted by molar-refractivity contribution is 7.99. The summed E-state index contributed by atoms with van der Waals surface area (Å²) in [6.07, 6.45) is 0.809. The molecule has 0 spiro atoms. The van der Waals surface area contributed by atoms with Crippen LogP contribution in [0, 0.1) is 5.92 Å². The number of carbonyl (C=O) groups excluding carboxylic acids is 1. The number of ether oxygens (including phenoxy) is 2. The van der Waals surface area contributed by atoms with Crippen molar-refractivity contribution in [3.8, 4) is 11.5 Å². The second-order valence-corrected chi connectivity index (χ2v) is 10.2. The van der Waals surface area contributed by atoms with Gasteiger partial charge in [-0.25, -0.2) is 8.42 Å². The summed E-state index contributed by atoms with van der Waals surface area (Å²) >= 11 is 1.14. The van der Waals surface area contributed by atoms with Crippen LogP contribution in [0.1, 0.15) is 12.3 Å². The highest BCUT2D eigenvalue weighted by Crippen LogP contribution is 2.30. The number of thioether (sulfide) groups is 1. The van der Waals surface area contributed by atoms with Gasteiger partial charge in [0.1, 0.15) is 12.7 Å². The number of hydrogen-bond acceptors (Lipinski definition) is 9. The van der Waals surface area contributed by atoms with E-state index in [0.29, 0.717) is 48.6 Å². The van der Waals surface area contributed by atoms with Crippen molar-refractivity contribution in [2.24, 2.45) is 5.92 Å². The minimum atomic E-state index is -2.93. The Morgan fingerprint density at radius 1 is 1.24 bits per heavy atom. The quantitative estimate of drug-likeness (QED) is 0.632. The number of carbonyl (C=O) groups is 1. The van der Waals surface area contributed by atoms with E-state index in [1.165, 1.54) is 0 Å². The lowest BCUT2D eigenvalue weighted by molar-refractivity contribution is -0.119. The lowest BCUT2D eigenvalue weighted by atomic mass is 10.1. The molecule has 1 N–H and O–H groups in total. The van der Waals surface area contributed by atoms with Gasteiger partial charge in [0.05, 0.1) is 23.8 Å². The maximum absolute atomic E-state index is 12.1. The van der Waals surface area contributed by atoms with E-state index in [1.54, 1.807) is 0 Å². The van der Waals surface area contributed by atoms with Crippen LogP contribution in [0.25, 0.3) is 0 Å². The van der Waals surface area contributed by atoms with Gasteiger partial charge in [0, 0.05) is 6.42 Å². The molecule has 2 atom stereocenters. The second kappa shape index (κ2) is 8.62. The van der Waals surface area contributed by atoms with E-state index < -0.39 is 9.84 Å². The van der Waals surface area contributed by atoms with Crippen LogP contribution in [-0.2, 0) is 21.1 Å². The normalized spacial score (nSPS) is 22.3. The summed E-state index contributed by atoms with van der Waals surface area (Å²) < 4.78 is 40.0. The fourth-order valence-corrected chi connectivity index (χ4v) is 5.70. The zero-order valence-corrected chi connectivity index (χ0v) is 17.2. The van der Waals surface area contributed by atoms with Crippen molar-refractivity contribution in [2.45, 2.75) is 24.2 Å². The molecule has 1 fully saturated rings. The van der Waals surface area contributed by atoms with Gasteiger partial charge in [-0.15, -0.1) is 10.2 Å². The van der Waals surface area contributed by atoms with Crippen LogP contribution in [0.2, 0.25) is 0 Å². The van der Waals surface area contributed by atoms with Gasteiger partial charge in [0.25, 0.3) is 5.22 Å². The van der Waals surface area contributed by atoms with Gasteiger partial charge in [-0.3, -0.25) is 4.79 Å². The fraction of sp³-hybridized carbons (Fsp3) is 0.500. The number of hydrogen-bond donors (Lipinski definition) is 1. The highest BCUT2D eigenvalue weighted by Gasteiger charge is 2.29. The molecule has 11 heteroatoms. The van der Waals surface area contributed by atoms with Crippen LogP contribution in [0.15, 0.2) is 33.9 Å². The number of sulfone groups is 1. The molecule has 1 saturated heterocycles. The number of nitrogens with one attached hydrogen (secondary N) is 1. The number of fused-ring (bicyclic) bond motifs is 1. The minimum Gasteiger partial charge on any atom is -0.486 e. The van der Waals surface area contributed by atoms with Crippen molar-refractivity contribution >= 4 is 27.5 Å². The SMILES string of the molecule is O=C(CSc1nnc(C[C@H]2CCS(=O)(=O)C2)o1)NC[C@H]1COc2ccccc2O1. The van der Waals surface area contributed by atoms with Crippen molar-refractivity contribution in [2.75, 3.05) is 30.4 Å². The van der Waals surface area contributed by atoms with Gasteiger partial charge in [-0.2, -0.15) is 0 Å². The molecule has 1 amide bonds. The van der Waals surface area contributed by atoms with Gasteiger partial charge >= 0.3 is 0 Å². The molecule has 9 nitrogen and oxygen atoms in total. The third kappa shape index (κ3) is 5.41. The summed E-state index contributed by atoms with van der Waals surface area (Å²) in [5, 5.41) is 11.0. The Morgan fingerprint density at radius 3 is 2.86 bits per heavy atom. The lowest BCUT2D eigenvalue weighted by Crippen LogP contribution is -2.41. The topological polar surface area (TPSA) is 121 Å². The van der Waals surface area contributed by atoms with E-state index in [0.717, 1.165) is 11.8 Å². The maximum Gasteiger partial charge on any atom is 0.277 e. The summed E-state index contributed by atoms with van der Waals surface area (Å²) in [7, 11) is -2.93. The number of rotatable bonds is 7. The standard InChI is InChI=1S/C18H21N3O6S2/c22-16(19-8-13-9-25-14-3-1-2-4-15(14)26-13)10-28-18-21-20-17(27-18)7-12-5-6-29(23,24)11-12/h1-4,12-13H,5-11H2,(H,19,22)/t12-,13+/m1/s1. The first-order valence-corrected chi connectivity index (χ1v) is 12.1. The van der Waals surface area contributed by atoms with Crippen LogP contribution in [-0.4, -0.2) is 61.0 Å². The largest absolute Gasteiger partial charge is 0.486 e. The van der Waals surface area contributed by atoms with Crippen molar-refractivity contribution < 1.29 is 27.1 Å². The molecule has 2 aliphatic heterocycles. The first kappa shape index (κ1) is 20.0. The van der Waals surface area contributed by atoms with Gasteiger partial charge in [0.15, 0.2) is 21.3 Å². The fourth-order valence-electron chi connectivity index (χ4n) is 3.23. The highest BCUT2D eigenvalue weighted by atomic mass is 32.2. The molecule has 0 bridgehead atoms. The molecule has 29 heavy (non-hydrogen) atoms. The van der Waals surface area contributed by atoms with E-state index in [-0.39, 0.29) is 35.2 Å². The average Bonchev–Trinajstić information content (AvgIpc) is 3.30. The monoisotopic (exact) mass is 439 g/mol. The molecular formula is C18H21N3O6S2. The van der Waals surface area contributed by atoms with Crippen molar-refractivity contribution in [3.05, 3.63) is 30.2 Å². The molecule has 1 aromatic heterocycles. The molecule has 0 unspecified atom stereocenters.